The molecule has 0 radical (unpaired) electrons. The van der Waals surface area contributed by atoms with Gasteiger partial charge in [-0.05, 0) is 61.4 Å². The molecule has 0 saturated carbocycles. The molecule has 5 nitrogen and oxygen atoms in total. The van der Waals surface area contributed by atoms with Crippen molar-refractivity contribution < 1.29 is 5.11 Å². The van der Waals surface area contributed by atoms with Gasteiger partial charge in [-0.15, -0.1) is 0 Å². The summed E-state index contributed by atoms with van der Waals surface area (Å²) >= 11 is 0. The Morgan fingerprint density at radius 3 is 2.73 bits per heavy atom. The van der Waals surface area contributed by atoms with E-state index in [4.69, 9.17) is 4.99 Å². The number of aliphatic hydroxyl groups excluding tert-OH is 1. The molecule has 0 amide bonds. The number of hydrogen-bond acceptors (Lipinski definition) is 4. The number of aliphatic imine (C=N–C) groups is 1. The third-order valence-electron chi connectivity index (χ3n) is 5.06. The van der Waals surface area contributed by atoms with E-state index in [2.05, 4.69) is 66.0 Å². The average Bonchev–Trinajstić information content (AvgIpc) is 2.76. The average molecular weight is 405 g/mol. The molecular weight excluding hydrogens is 372 g/mol. The molecule has 1 aromatic rings. The van der Waals surface area contributed by atoms with Crippen LogP contribution in [0.1, 0.15) is 33.1 Å². The van der Waals surface area contributed by atoms with Crippen LogP contribution in [0.2, 0.25) is 0 Å². The molecule has 2 N–H and O–H groups in total. The standard InChI is InChI=1S/C25H32N4O/c1-4-6-7-8-9-22-19-29-15-14-20(3)18-24(29)25(27-22)26-21-10-12-23(13-11-21)28(5-2)16-17-30/h8-15,18-19,30H,3-7,16-17H2,1-2H3,(H,26,27)/b9-8+. The Morgan fingerprint density at radius 1 is 1.23 bits per heavy atom. The lowest BCUT2D eigenvalue weighted by atomic mass is 10.1. The zero-order valence-electron chi connectivity index (χ0n) is 18.0. The zero-order chi connectivity index (χ0) is 21.3. The van der Waals surface area contributed by atoms with E-state index < -0.39 is 0 Å². The van der Waals surface area contributed by atoms with E-state index in [0.717, 1.165) is 47.1 Å². The Balaban J connectivity index is 1.85. The monoisotopic (exact) mass is 404 g/mol. The van der Waals surface area contributed by atoms with Crippen LogP contribution >= 0.6 is 0 Å². The highest BCUT2D eigenvalue weighted by Crippen LogP contribution is 2.25. The Bertz CT molecular complexity index is 890. The number of aliphatic hydroxyl groups is 1. The van der Waals surface area contributed by atoms with Gasteiger partial charge in [0, 0.05) is 31.2 Å². The number of likely N-dealkylation sites (N-methyl/N-ethyl adjacent to an activating group) is 1. The minimum Gasteiger partial charge on any atom is -0.395 e. The largest absolute Gasteiger partial charge is 0.395 e. The topological polar surface area (TPSA) is 51.1 Å². The van der Waals surface area contributed by atoms with Crippen molar-refractivity contribution in [3.05, 3.63) is 84.5 Å². The van der Waals surface area contributed by atoms with Crippen molar-refractivity contribution in [3.8, 4) is 0 Å². The van der Waals surface area contributed by atoms with E-state index in [0.29, 0.717) is 6.54 Å². The summed E-state index contributed by atoms with van der Waals surface area (Å²) in [7, 11) is 0. The quantitative estimate of drug-likeness (QED) is 0.569. The normalized spacial score (nSPS) is 17.1. The fourth-order valence-corrected chi connectivity index (χ4v) is 3.40. The van der Waals surface area contributed by atoms with Gasteiger partial charge in [-0.2, -0.15) is 0 Å². The number of nitrogens with zero attached hydrogens (tertiary/aromatic N) is 3. The van der Waals surface area contributed by atoms with Crippen LogP contribution in [-0.2, 0) is 0 Å². The number of unbranched alkanes of at least 4 members (excludes halogenated alkanes) is 2. The number of rotatable bonds is 9. The van der Waals surface area contributed by atoms with Crippen LogP contribution < -0.4 is 10.2 Å². The molecule has 1 aromatic carbocycles. The Labute approximate surface area is 180 Å². The fourth-order valence-electron chi connectivity index (χ4n) is 3.40. The van der Waals surface area contributed by atoms with Crippen molar-refractivity contribution in [3.63, 3.8) is 0 Å². The van der Waals surface area contributed by atoms with Crippen LogP contribution in [0.5, 0.6) is 0 Å². The molecule has 30 heavy (non-hydrogen) atoms. The molecule has 0 saturated heterocycles. The van der Waals surface area contributed by atoms with Gasteiger partial charge < -0.3 is 20.2 Å². The first kappa shape index (κ1) is 21.7. The summed E-state index contributed by atoms with van der Waals surface area (Å²) in [6, 6.07) is 8.12. The molecule has 0 fully saturated rings. The first-order valence-corrected chi connectivity index (χ1v) is 10.7. The molecule has 0 bridgehead atoms. The minimum atomic E-state index is 0.143. The molecule has 158 valence electrons. The van der Waals surface area contributed by atoms with Gasteiger partial charge in [0.15, 0.2) is 5.84 Å². The molecular formula is C25H32N4O. The molecule has 5 heteroatoms. The van der Waals surface area contributed by atoms with Gasteiger partial charge in [0.2, 0.25) is 0 Å². The second kappa shape index (κ2) is 10.6. The number of benzene rings is 1. The van der Waals surface area contributed by atoms with E-state index in [9.17, 15) is 5.11 Å². The Morgan fingerprint density at radius 2 is 2.03 bits per heavy atom. The Kier molecular flexibility index (Phi) is 7.69. The summed E-state index contributed by atoms with van der Waals surface area (Å²) in [4.78, 5) is 9.10. The summed E-state index contributed by atoms with van der Waals surface area (Å²) in [6.45, 7) is 9.97. The molecule has 3 rings (SSSR count). The highest BCUT2D eigenvalue weighted by Gasteiger charge is 2.21. The number of nitrogens with one attached hydrogen (secondary N) is 1. The van der Waals surface area contributed by atoms with E-state index in [1.165, 1.54) is 12.8 Å². The second-order valence-corrected chi connectivity index (χ2v) is 7.36. The SMILES string of the molecule is C=C1C=CN2C=C(/C=C/CCCC)NC(=Nc3ccc(N(CC)CCO)cc3)C2=C1. The molecule has 0 spiro atoms. The first-order chi connectivity index (χ1) is 14.6. The molecule has 2 aliphatic rings. The molecule has 0 aromatic heterocycles. The summed E-state index contributed by atoms with van der Waals surface area (Å²) in [6.07, 6.45) is 15.9. The van der Waals surface area contributed by atoms with Crippen molar-refractivity contribution in [1.82, 2.24) is 10.2 Å². The molecule has 0 aliphatic carbocycles. The Hall–Kier alpha value is -3.05. The lowest BCUT2D eigenvalue weighted by molar-refractivity contribution is 0.302. The highest BCUT2D eigenvalue weighted by atomic mass is 16.3. The number of hydrogen-bond donors (Lipinski definition) is 2. The smallest absolute Gasteiger partial charge is 0.155 e. The van der Waals surface area contributed by atoms with Crippen LogP contribution in [0, 0.1) is 0 Å². The van der Waals surface area contributed by atoms with Crippen molar-refractivity contribution >= 4 is 17.2 Å². The van der Waals surface area contributed by atoms with Crippen LogP contribution in [0.3, 0.4) is 0 Å². The third kappa shape index (κ3) is 5.51. The molecule has 2 aliphatic heterocycles. The van der Waals surface area contributed by atoms with Crippen LogP contribution in [0.4, 0.5) is 11.4 Å². The summed E-state index contributed by atoms with van der Waals surface area (Å²) < 4.78 is 0. The third-order valence-corrected chi connectivity index (χ3v) is 5.06. The lowest BCUT2D eigenvalue weighted by Gasteiger charge is -2.30. The predicted octanol–water partition coefficient (Wildman–Crippen LogP) is 5.00. The van der Waals surface area contributed by atoms with E-state index in [1.807, 2.05) is 30.5 Å². The van der Waals surface area contributed by atoms with E-state index in [-0.39, 0.29) is 6.61 Å². The van der Waals surface area contributed by atoms with Crippen molar-refractivity contribution in [2.24, 2.45) is 4.99 Å². The van der Waals surface area contributed by atoms with Gasteiger partial charge in [-0.1, -0.05) is 32.4 Å². The van der Waals surface area contributed by atoms with Gasteiger partial charge in [-0.25, -0.2) is 4.99 Å². The van der Waals surface area contributed by atoms with Crippen molar-refractivity contribution in [1.29, 1.82) is 0 Å². The summed E-state index contributed by atoms with van der Waals surface area (Å²) in [5.74, 6) is 0.800. The molecule has 0 atom stereocenters. The fraction of sp³-hybridized carbons (Fsp3) is 0.320. The van der Waals surface area contributed by atoms with Crippen molar-refractivity contribution in [2.45, 2.75) is 33.1 Å². The second-order valence-electron chi connectivity index (χ2n) is 7.36. The first-order valence-electron chi connectivity index (χ1n) is 10.7. The van der Waals surface area contributed by atoms with Gasteiger partial charge >= 0.3 is 0 Å². The van der Waals surface area contributed by atoms with Gasteiger partial charge in [0.1, 0.15) is 0 Å². The predicted molar refractivity (Wildman–Crippen MR) is 127 cm³/mol. The maximum Gasteiger partial charge on any atom is 0.155 e. The van der Waals surface area contributed by atoms with Gasteiger partial charge in [-0.3, -0.25) is 0 Å². The number of allylic oxidation sites excluding steroid dienone is 5. The molecule has 0 unspecified atom stereocenters. The van der Waals surface area contributed by atoms with Crippen LogP contribution in [0.15, 0.2) is 89.5 Å². The minimum absolute atomic E-state index is 0.143. The van der Waals surface area contributed by atoms with E-state index in [1.54, 1.807) is 0 Å². The number of amidine groups is 1. The van der Waals surface area contributed by atoms with Gasteiger partial charge in [0.25, 0.3) is 0 Å². The maximum atomic E-state index is 9.24. The number of anilines is 1. The number of fused-ring (bicyclic) bond motifs is 1. The zero-order valence-corrected chi connectivity index (χ0v) is 18.0. The van der Waals surface area contributed by atoms with Crippen LogP contribution in [0.25, 0.3) is 0 Å². The van der Waals surface area contributed by atoms with E-state index >= 15 is 0 Å². The molecule has 2 heterocycles. The maximum absolute atomic E-state index is 9.24. The highest BCUT2D eigenvalue weighted by molar-refractivity contribution is 6.02. The summed E-state index contributed by atoms with van der Waals surface area (Å²) in [5, 5.41) is 12.7. The van der Waals surface area contributed by atoms with Crippen LogP contribution in [-0.4, -0.2) is 35.5 Å². The summed E-state index contributed by atoms with van der Waals surface area (Å²) in [5.41, 5.74) is 4.90. The van der Waals surface area contributed by atoms with Gasteiger partial charge in [0.05, 0.1) is 23.7 Å². The lowest BCUT2D eigenvalue weighted by Crippen LogP contribution is -2.36. The van der Waals surface area contributed by atoms with Crippen molar-refractivity contribution in [2.75, 3.05) is 24.6 Å².